The summed E-state index contributed by atoms with van der Waals surface area (Å²) in [6, 6.07) is 36.1. The molecule has 8 rings (SSSR count). The summed E-state index contributed by atoms with van der Waals surface area (Å²) in [5.41, 5.74) is 5.29. The average Bonchev–Trinajstić information content (AvgIpc) is 3.33. The first-order valence-corrected chi connectivity index (χ1v) is 16.7. The van der Waals surface area contributed by atoms with Gasteiger partial charge >= 0.3 is 25.6 Å². The quantitative estimate of drug-likeness (QED) is 0.148. The van der Waals surface area contributed by atoms with E-state index in [0.717, 1.165) is 24.3 Å². The van der Waals surface area contributed by atoms with Gasteiger partial charge in [0, 0.05) is 11.1 Å². The van der Waals surface area contributed by atoms with Crippen LogP contribution in [0.25, 0.3) is 32.7 Å². The number of benzene rings is 5. The third-order valence-corrected chi connectivity index (χ3v) is 11.4. The van der Waals surface area contributed by atoms with Gasteiger partial charge < -0.3 is 0 Å². The van der Waals surface area contributed by atoms with Crippen LogP contribution in [0.3, 0.4) is 0 Å². The molecule has 0 radical (unpaired) electrons. The van der Waals surface area contributed by atoms with Crippen LogP contribution in [0.15, 0.2) is 97.1 Å². The van der Waals surface area contributed by atoms with E-state index in [-0.39, 0.29) is 17.1 Å². The van der Waals surface area contributed by atoms with Gasteiger partial charge in [-0.15, -0.1) is 4.67 Å². The van der Waals surface area contributed by atoms with Gasteiger partial charge in [0.1, 0.15) is 0 Å². The van der Waals surface area contributed by atoms with Crippen molar-refractivity contribution < 1.29 is 26.1 Å². The van der Waals surface area contributed by atoms with Crippen molar-refractivity contribution in [1.29, 1.82) is 0 Å². The summed E-state index contributed by atoms with van der Waals surface area (Å²) >= 11 is 0. The van der Waals surface area contributed by atoms with Gasteiger partial charge in [-0.05, 0) is 70.5 Å². The monoisotopic (exact) mass is 621 g/mol. The largest absolute Gasteiger partial charge is 1.00 e. The van der Waals surface area contributed by atoms with E-state index in [1.54, 1.807) is 0 Å². The van der Waals surface area contributed by atoms with Gasteiger partial charge in [-0.1, -0.05) is 117 Å². The Morgan fingerprint density at radius 1 is 0.571 bits per heavy atom. The molecule has 2 aliphatic carbocycles. The molecule has 5 heteroatoms. The van der Waals surface area contributed by atoms with Crippen LogP contribution in [0.4, 0.5) is 0 Å². The summed E-state index contributed by atoms with van der Waals surface area (Å²) in [6.45, 7) is 0. The first-order chi connectivity index (χ1) is 20.3. The van der Waals surface area contributed by atoms with Crippen molar-refractivity contribution in [2.45, 2.75) is 69.9 Å². The predicted molar refractivity (Wildman–Crippen MR) is 172 cm³/mol. The molecule has 0 aromatic heterocycles. The van der Waals surface area contributed by atoms with Gasteiger partial charge in [-0.25, -0.2) is 0 Å². The van der Waals surface area contributed by atoms with E-state index in [1.165, 1.54) is 88.7 Å². The molecule has 1 aliphatic heterocycles. The summed E-state index contributed by atoms with van der Waals surface area (Å²) in [5.74, 6) is 1.91. The zero-order valence-corrected chi connectivity index (χ0v) is 25.8. The van der Waals surface area contributed by atoms with Crippen molar-refractivity contribution in [2.75, 3.05) is 0 Å². The standard InChI is InChI=1S/C37H36NO2P.Cu/c1-2-4-15-29(16-5-3-1)38(33-23-20-26-12-6-9-17-30(26)33)41-39-34-24-21-27-13-7-10-18-31(27)36(34)37-32-19-11-8-14-28(32)22-25-35(37)40-41;/h6-14,17-19,21-22,24-25,29,33H,1-5,15-16,20,23H2;/q;+1/p+1/t33-;/m1./s1. The maximum absolute atomic E-state index is 7.22. The molecule has 1 saturated carbocycles. The van der Waals surface area contributed by atoms with Gasteiger partial charge in [0.2, 0.25) is 0 Å². The molecule has 216 valence electrons. The van der Waals surface area contributed by atoms with Gasteiger partial charge in [-0.3, -0.25) is 9.05 Å². The van der Waals surface area contributed by atoms with Crippen molar-refractivity contribution in [2.24, 2.45) is 0 Å². The van der Waals surface area contributed by atoms with Crippen LogP contribution >= 0.6 is 8.53 Å². The SMILES string of the molecule is [Cu+].c1ccc2c(c1)CC[C@H]2N(C1CCCCCCC1)[PH+]1Oc2ccc3ccccc3c2-c2c(ccc3ccccc23)O1. The molecular formula is C37H37CuNO2P+2. The first kappa shape index (κ1) is 27.9. The van der Waals surface area contributed by atoms with Gasteiger partial charge in [-0.2, -0.15) is 0 Å². The van der Waals surface area contributed by atoms with E-state index in [0.29, 0.717) is 12.1 Å². The molecule has 0 unspecified atom stereocenters. The molecule has 1 atom stereocenters. The Morgan fingerprint density at radius 2 is 1.12 bits per heavy atom. The van der Waals surface area contributed by atoms with Gasteiger partial charge in [0.25, 0.3) is 0 Å². The fourth-order valence-electron chi connectivity index (χ4n) is 7.57. The molecule has 5 aromatic rings. The third kappa shape index (κ3) is 4.93. The Hall–Kier alpha value is -2.87. The maximum Gasteiger partial charge on any atom is 1.00 e. The van der Waals surface area contributed by atoms with E-state index in [9.17, 15) is 0 Å². The molecule has 0 spiro atoms. The van der Waals surface area contributed by atoms with E-state index in [1.807, 2.05) is 0 Å². The van der Waals surface area contributed by atoms with Crippen molar-refractivity contribution >= 4 is 30.1 Å². The molecule has 0 N–H and O–H groups in total. The normalized spacial score (nSPS) is 19.0. The minimum absolute atomic E-state index is 0. The smallest absolute Gasteiger partial charge is 0.292 e. The van der Waals surface area contributed by atoms with Crippen LogP contribution in [-0.2, 0) is 23.5 Å². The Kier molecular flexibility index (Phi) is 7.99. The average molecular weight is 622 g/mol. The Labute approximate surface area is 260 Å². The zero-order valence-electron chi connectivity index (χ0n) is 23.8. The maximum atomic E-state index is 7.22. The number of rotatable bonds is 3. The van der Waals surface area contributed by atoms with Crippen molar-refractivity contribution in [3.63, 3.8) is 0 Å². The van der Waals surface area contributed by atoms with Gasteiger partial charge in [0.05, 0.1) is 12.1 Å². The van der Waals surface area contributed by atoms with E-state index in [4.69, 9.17) is 9.05 Å². The second-order valence-electron chi connectivity index (χ2n) is 11.9. The van der Waals surface area contributed by atoms with Crippen LogP contribution in [-0.4, -0.2) is 10.7 Å². The first-order valence-electron chi connectivity index (χ1n) is 15.5. The predicted octanol–water partition coefficient (Wildman–Crippen LogP) is 10.5. The van der Waals surface area contributed by atoms with Crippen molar-refractivity contribution in [3.8, 4) is 22.6 Å². The van der Waals surface area contributed by atoms with Crippen LogP contribution in [0, 0.1) is 0 Å². The molecule has 0 amide bonds. The zero-order chi connectivity index (χ0) is 27.2. The number of hydrogen-bond donors (Lipinski definition) is 0. The molecule has 3 nitrogen and oxygen atoms in total. The van der Waals surface area contributed by atoms with E-state index in [2.05, 4.69) is 102 Å². The summed E-state index contributed by atoms with van der Waals surface area (Å²) in [5, 5.41) is 4.90. The van der Waals surface area contributed by atoms with Crippen LogP contribution in [0.1, 0.15) is 68.5 Å². The number of hydrogen-bond acceptors (Lipinski definition) is 3. The van der Waals surface area contributed by atoms with Crippen molar-refractivity contribution in [1.82, 2.24) is 4.67 Å². The van der Waals surface area contributed by atoms with E-state index < -0.39 is 8.53 Å². The Morgan fingerprint density at radius 3 is 1.76 bits per heavy atom. The minimum Gasteiger partial charge on any atom is -0.292 e. The fourth-order valence-corrected chi connectivity index (χ4v) is 9.62. The molecule has 0 bridgehead atoms. The molecule has 1 heterocycles. The Bertz CT molecular complexity index is 1640. The summed E-state index contributed by atoms with van der Waals surface area (Å²) in [6.07, 6.45) is 11.3. The second kappa shape index (κ2) is 12.0. The summed E-state index contributed by atoms with van der Waals surface area (Å²) in [7, 11) is -1.90. The van der Waals surface area contributed by atoms with Crippen LogP contribution < -0.4 is 9.05 Å². The third-order valence-electron chi connectivity index (χ3n) is 9.54. The van der Waals surface area contributed by atoms with E-state index >= 15 is 0 Å². The van der Waals surface area contributed by atoms with Crippen LogP contribution in [0.2, 0.25) is 0 Å². The topological polar surface area (TPSA) is 21.7 Å². The second-order valence-corrected chi connectivity index (χ2v) is 13.4. The van der Waals surface area contributed by atoms with Crippen LogP contribution in [0.5, 0.6) is 11.5 Å². The Balaban J connectivity index is 0.00000288. The number of fused-ring (bicyclic) bond motifs is 8. The minimum atomic E-state index is -1.90. The molecule has 42 heavy (non-hydrogen) atoms. The summed E-state index contributed by atoms with van der Waals surface area (Å²) < 4.78 is 17.2. The number of nitrogens with zero attached hydrogens (tertiary/aromatic N) is 1. The molecule has 3 aliphatic rings. The van der Waals surface area contributed by atoms with Crippen molar-refractivity contribution in [3.05, 3.63) is 108 Å². The molecular weight excluding hydrogens is 585 g/mol. The molecule has 5 aromatic carbocycles. The fraction of sp³-hybridized carbons (Fsp3) is 0.297. The molecule has 1 fully saturated rings. The summed E-state index contributed by atoms with van der Waals surface area (Å²) in [4.78, 5) is 0. The number of aryl methyl sites for hydroxylation is 1. The van der Waals surface area contributed by atoms with Gasteiger partial charge in [0.15, 0.2) is 11.5 Å². The molecule has 0 saturated heterocycles.